The molecule has 1 radical (unpaired) electrons. The summed E-state index contributed by atoms with van der Waals surface area (Å²) in [6, 6.07) is 5.80. The number of carbonyl (C=O) groups is 3. The zero-order valence-corrected chi connectivity index (χ0v) is 29.6. The molecule has 5 rings (SSSR count). The molecule has 8 bridgehead atoms. The molecule has 0 amide bonds. The van der Waals surface area contributed by atoms with Gasteiger partial charge in [-0.15, -0.1) is 16.7 Å². The summed E-state index contributed by atoms with van der Waals surface area (Å²) >= 11 is 0. The standard InChI is InChI=1S/C37H41N4O6.Co/c1-10-22-18(3)26-15-28-20(5)24(12-13-32(42)45-7)35(40-28)25(14-33(43)46-8)36-34(37(44)47-9)21(6)29(41-36)17-31-23(11-2)19(4)27(39-31)16-30(22)38-26;/h10,15-17,20,24H,1,11-14H2,2-9H3,(H-,38,39,40,41,44);/q-1;+2/p-1. The number of hydrogen-bond donors (Lipinski definition) is 0. The van der Waals surface area contributed by atoms with Crippen molar-refractivity contribution in [1.29, 1.82) is 0 Å². The first-order valence-electron chi connectivity index (χ1n) is 15.7. The van der Waals surface area contributed by atoms with Crippen molar-refractivity contribution in [3.05, 3.63) is 81.7 Å². The van der Waals surface area contributed by atoms with Crippen molar-refractivity contribution in [3.8, 4) is 0 Å². The van der Waals surface area contributed by atoms with Crippen LogP contribution in [0.1, 0.15) is 103 Å². The number of rotatable bonds is 8. The van der Waals surface area contributed by atoms with Gasteiger partial charge in [0.05, 0.1) is 56.1 Å². The second-order valence-electron chi connectivity index (χ2n) is 11.9. The summed E-state index contributed by atoms with van der Waals surface area (Å²) in [4.78, 5) is 58.9. The molecule has 2 aromatic rings. The largest absolute Gasteiger partial charge is 2.00 e. The molecule has 0 fully saturated rings. The molecule has 2 aromatic heterocycles. The summed E-state index contributed by atoms with van der Waals surface area (Å²) in [6.07, 6.45) is 2.86. The van der Waals surface area contributed by atoms with Crippen LogP contribution in [-0.2, 0) is 58.2 Å². The fraction of sp³-hybridized carbons (Fsp3) is 0.378. The van der Waals surface area contributed by atoms with E-state index in [1.54, 1.807) is 13.0 Å². The summed E-state index contributed by atoms with van der Waals surface area (Å²) < 4.78 is 15.3. The number of hydrogen-bond acceptors (Lipinski definition) is 8. The maximum Gasteiger partial charge on any atom is 2.00 e. The molecule has 0 N–H and O–H groups in total. The van der Waals surface area contributed by atoms with Crippen molar-refractivity contribution in [1.82, 2.24) is 19.9 Å². The van der Waals surface area contributed by atoms with E-state index in [0.29, 0.717) is 34.6 Å². The van der Waals surface area contributed by atoms with Crippen LogP contribution in [0.2, 0.25) is 0 Å². The number of fused-ring (bicyclic) bond motifs is 8. The number of nitrogens with zero attached hydrogens (tertiary/aromatic N) is 4. The molecular formula is C37H40CoN4O6. The van der Waals surface area contributed by atoms with Gasteiger partial charge in [0.15, 0.2) is 0 Å². The van der Waals surface area contributed by atoms with Crippen molar-refractivity contribution in [2.45, 2.75) is 72.1 Å². The third-order valence-electron chi connectivity index (χ3n) is 9.40. The summed E-state index contributed by atoms with van der Waals surface area (Å²) in [6.45, 7) is 14.0. The smallest absolute Gasteiger partial charge is 0.664 e. The molecule has 3 aliphatic rings. The van der Waals surface area contributed by atoms with Crippen LogP contribution in [0.15, 0.2) is 30.9 Å². The average Bonchev–Trinajstić information content (AvgIpc) is 3.74. The Morgan fingerprint density at radius 3 is 2.17 bits per heavy atom. The van der Waals surface area contributed by atoms with Crippen LogP contribution in [0.25, 0.3) is 33.3 Å². The summed E-state index contributed by atoms with van der Waals surface area (Å²) in [5, 5.41) is 0. The fourth-order valence-electron chi connectivity index (χ4n) is 6.62. The van der Waals surface area contributed by atoms with Gasteiger partial charge in [-0.2, -0.15) is 5.69 Å². The molecule has 5 heterocycles. The maximum atomic E-state index is 13.4. The second-order valence-corrected chi connectivity index (χ2v) is 11.9. The van der Waals surface area contributed by atoms with Gasteiger partial charge in [0.2, 0.25) is 0 Å². The van der Waals surface area contributed by atoms with E-state index in [1.807, 2.05) is 39.0 Å². The molecule has 0 saturated carbocycles. The fourth-order valence-corrected chi connectivity index (χ4v) is 6.62. The van der Waals surface area contributed by atoms with Gasteiger partial charge in [-0.25, -0.2) is 14.8 Å². The van der Waals surface area contributed by atoms with Crippen LogP contribution < -0.4 is 9.97 Å². The van der Waals surface area contributed by atoms with Crippen LogP contribution >= 0.6 is 0 Å². The van der Waals surface area contributed by atoms with Crippen LogP contribution in [0.3, 0.4) is 0 Å². The van der Waals surface area contributed by atoms with Crippen molar-refractivity contribution in [2.75, 3.05) is 21.3 Å². The number of carbonyl (C=O) groups excluding carboxylic acids is 3. The van der Waals surface area contributed by atoms with Gasteiger partial charge in [-0.3, -0.25) is 9.59 Å². The van der Waals surface area contributed by atoms with Gasteiger partial charge in [0, 0.05) is 12.0 Å². The Kier molecular flexibility index (Phi) is 11.2. The molecule has 0 aromatic carbocycles. The van der Waals surface area contributed by atoms with Crippen molar-refractivity contribution < 1.29 is 45.4 Å². The number of methoxy groups -OCH3 is 3. The first-order chi connectivity index (χ1) is 22.5. The van der Waals surface area contributed by atoms with Crippen LogP contribution in [0.5, 0.6) is 0 Å². The van der Waals surface area contributed by atoms with E-state index in [0.717, 1.165) is 56.8 Å². The van der Waals surface area contributed by atoms with E-state index < -0.39 is 11.9 Å². The van der Waals surface area contributed by atoms with Crippen LogP contribution in [0.4, 0.5) is 0 Å². The number of aryl methyl sites for hydroxylation is 2. The van der Waals surface area contributed by atoms with E-state index in [-0.39, 0.29) is 53.0 Å². The van der Waals surface area contributed by atoms with Crippen molar-refractivity contribution >= 4 is 51.2 Å². The zero-order chi connectivity index (χ0) is 34.2. The van der Waals surface area contributed by atoms with Crippen molar-refractivity contribution in [2.24, 2.45) is 0 Å². The minimum Gasteiger partial charge on any atom is -0.664 e. The predicted molar refractivity (Wildman–Crippen MR) is 180 cm³/mol. The molecule has 48 heavy (non-hydrogen) atoms. The molecule has 0 aliphatic carbocycles. The van der Waals surface area contributed by atoms with Gasteiger partial charge in [-0.1, -0.05) is 55.8 Å². The Balaban J connectivity index is 0.00000520. The van der Waals surface area contributed by atoms with Crippen LogP contribution in [-0.4, -0.2) is 49.2 Å². The monoisotopic (exact) mass is 695 g/mol. The molecule has 3 aliphatic heterocycles. The van der Waals surface area contributed by atoms with E-state index in [9.17, 15) is 14.4 Å². The first-order valence-corrected chi connectivity index (χ1v) is 15.7. The molecule has 253 valence electrons. The van der Waals surface area contributed by atoms with E-state index in [2.05, 4.69) is 13.5 Å². The predicted octanol–water partition coefficient (Wildman–Crippen LogP) is 5.94. The van der Waals surface area contributed by atoms with Gasteiger partial charge < -0.3 is 24.2 Å². The Hall–Kier alpha value is -4.48. The Bertz CT molecular complexity index is 1950. The van der Waals surface area contributed by atoms with E-state index in [4.69, 9.17) is 34.1 Å². The number of allylic oxidation sites excluding steroid dienone is 4. The van der Waals surface area contributed by atoms with Gasteiger partial charge >= 0.3 is 34.7 Å². The summed E-state index contributed by atoms with van der Waals surface area (Å²) in [5.41, 5.74) is 10.3. The Morgan fingerprint density at radius 1 is 0.875 bits per heavy atom. The third-order valence-corrected chi connectivity index (χ3v) is 9.40. The molecule has 0 spiro atoms. The topological polar surface area (TPSA) is 133 Å². The number of ether oxygens (including phenoxy) is 3. The van der Waals surface area contributed by atoms with Gasteiger partial charge in [0.25, 0.3) is 0 Å². The molecular weight excluding hydrogens is 655 g/mol. The summed E-state index contributed by atoms with van der Waals surface area (Å²) in [7, 11) is 3.97. The number of aromatic nitrogens is 4. The van der Waals surface area contributed by atoms with Gasteiger partial charge in [0.1, 0.15) is 0 Å². The Morgan fingerprint density at radius 2 is 1.54 bits per heavy atom. The number of esters is 3. The molecule has 0 saturated heterocycles. The van der Waals surface area contributed by atoms with Crippen molar-refractivity contribution in [3.63, 3.8) is 0 Å². The normalized spacial score (nSPS) is 16.2. The summed E-state index contributed by atoms with van der Waals surface area (Å²) in [5.74, 6) is -1.95. The van der Waals surface area contributed by atoms with E-state index >= 15 is 0 Å². The molecule has 10 nitrogen and oxygen atoms in total. The molecule has 2 unspecified atom stereocenters. The van der Waals surface area contributed by atoms with Crippen LogP contribution in [0, 0.1) is 6.92 Å². The molecule has 11 heteroatoms. The maximum absolute atomic E-state index is 13.4. The third kappa shape index (κ3) is 6.48. The minimum atomic E-state index is -0.587. The quantitative estimate of drug-likeness (QED) is 0.241. The zero-order valence-electron chi connectivity index (χ0n) is 28.6. The van der Waals surface area contributed by atoms with Gasteiger partial charge in [-0.05, 0) is 62.2 Å². The SMILES string of the molecule is C=CC1=C(C)c2cc3[n-]c(c(CC(=O)OC)c4nc(cc5[n-]c(cc1n2)c(C)c5CC)C(C)=C4C(=O)OC)C(CCC(=O)OC)C3C.[Co+2]. The second kappa shape index (κ2) is 14.7. The Labute approximate surface area is 291 Å². The average molecular weight is 696 g/mol. The minimum absolute atomic E-state index is 0. The molecule has 2 atom stereocenters. The van der Waals surface area contributed by atoms with E-state index in [1.165, 1.54) is 21.3 Å². The first kappa shape index (κ1) is 36.4.